The molecule has 0 fully saturated rings. The number of aromatic nitrogens is 1. The van der Waals surface area contributed by atoms with Gasteiger partial charge in [0.25, 0.3) is 5.88 Å². The lowest BCUT2D eigenvalue weighted by Gasteiger charge is -2.08. The number of hydrogen-bond acceptors (Lipinski definition) is 5. The summed E-state index contributed by atoms with van der Waals surface area (Å²) in [6.45, 7) is 3.02. The van der Waals surface area contributed by atoms with Crippen molar-refractivity contribution in [1.82, 2.24) is 4.98 Å². The number of ether oxygens (including phenoxy) is 1. The van der Waals surface area contributed by atoms with Crippen molar-refractivity contribution in [2.75, 3.05) is 0 Å². The topological polar surface area (TPSA) is 59.4 Å². The van der Waals surface area contributed by atoms with E-state index in [0.29, 0.717) is 10.4 Å². The lowest BCUT2D eigenvalue weighted by Crippen LogP contribution is -2.04. The third kappa shape index (κ3) is 2.42. The average Bonchev–Trinajstić information content (AvgIpc) is 2.90. The second-order valence-electron chi connectivity index (χ2n) is 4.81. The van der Waals surface area contributed by atoms with E-state index in [0.717, 1.165) is 16.5 Å². The molecule has 0 aliphatic heterocycles. The number of esters is 1. The molecule has 0 spiro atoms. The molecule has 2 aromatic heterocycles. The molecule has 0 aliphatic carbocycles. The van der Waals surface area contributed by atoms with Gasteiger partial charge in [-0.1, -0.05) is 12.1 Å². The Morgan fingerprint density at radius 2 is 2.00 bits per heavy atom. The molecule has 0 saturated carbocycles. The van der Waals surface area contributed by atoms with Gasteiger partial charge < -0.3 is 9.84 Å². The second-order valence-corrected chi connectivity index (χ2v) is 5.68. The van der Waals surface area contributed by atoms with E-state index in [2.05, 4.69) is 4.98 Å². The number of carbonyl (C=O) groups excluding carboxylic acids is 1. The van der Waals surface area contributed by atoms with E-state index < -0.39 is 5.97 Å². The fourth-order valence-electron chi connectivity index (χ4n) is 2.30. The number of pyridine rings is 1. The van der Waals surface area contributed by atoms with Crippen LogP contribution in [0, 0.1) is 12.7 Å². The Balaban J connectivity index is 2.21. The standard InChI is InChI=1S/C16H12FNO3S/c1-8-13-12(10-3-5-11(17)6-4-10)7-22-15(13)14(20)16(18-8)21-9(2)19/h3-7,20H,1-2H3. The number of aryl methyl sites for hydroxylation is 1. The zero-order valence-corrected chi connectivity index (χ0v) is 12.7. The van der Waals surface area contributed by atoms with Gasteiger partial charge >= 0.3 is 5.97 Å². The quantitative estimate of drug-likeness (QED) is 0.725. The number of rotatable bonds is 2. The third-order valence-corrected chi connectivity index (χ3v) is 4.22. The van der Waals surface area contributed by atoms with Gasteiger partial charge in [0, 0.05) is 23.3 Å². The van der Waals surface area contributed by atoms with Gasteiger partial charge in [-0.15, -0.1) is 11.3 Å². The highest BCUT2D eigenvalue weighted by Crippen LogP contribution is 2.43. The molecule has 0 bridgehead atoms. The fraction of sp³-hybridized carbons (Fsp3) is 0.125. The van der Waals surface area contributed by atoms with Crippen molar-refractivity contribution in [3.05, 3.63) is 41.2 Å². The molecular formula is C16H12FNO3S. The molecule has 2 heterocycles. The lowest BCUT2D eigenvalue weighted by atomic mass is 10.0. The van der Waals surface area contributed by atoms with E-state index in [-0.39, 0.29) is 17.4 Å². The van der Waals surface area contributed by atoms with Crippen LogP contribution in [0.5, 0.6) is 11.6 Å². The highest BCUT2D eigenvalue weighted by atomic mass is 32.1. The maximum atomic E-state index is 13.1. The van der Waals surface area contributed by atoms with Crippen LogP contribution in [0.4, 0.5) is 4.39 Å². The normalized spacial score (nSPS) is 10.9. The van der Waals surface area contributed by atoms with E-state index in [9.17, 15) is 14.3 Å². The summed E-state index contributed by atoms with van der Waals surface area (Å²) in [7, 11) is 0. The van der Waals surface area contributed by atoms with Crippen LogP contribution in [0.2, 0.25) is 0 Å². The van der Waals surface area contributed by atoms with Crippen molar-refractivity contribution in [1.29, 1.82) is 0 Å². The van der Waals surface area contributed by atoms with Gasteiger partial charge in [-0.2, -0.15) is 0 Å². The fourth-order valence-corrected chi connectivity index (χ4v) is 3.36. The Kier molecular flexibility index (Phi) is 3.54. The highest BCUT2D eigenvalue weighted by molar-refractivity contribution is 7.18. The Hall–Kier alpha value is -2.47. The maximum absolute atomic E-state index is 13.1. The van der Waals surface area contributed by atoms with Crippen LogP contribution in [0.3, 0.4) is 0 Å². The molecule has 4 nitrogen and oxygen atoms in total. The summed E-state index contributed by atoms with van der Waals surface area (Å²) in [6, 6.07) is 6.12. The number of thiophene rings is 1. The Labute approximate surface area is 129 Å². The van der Waals surface area contributed by atoms with Crippen LogP contribution in [0.25, 0.3) is 21.2 Å². The summed E-state index contributed by atoms with van der Waals surface area (Å²) in [5.41, 5.74) is 2.32. The molecule has 1 aromatic carbocycles. The van der Waals surface area contributed by atoms with Gasteiger partial charge in [-0.05, 0) is 24.6 Å². The molecule has 3 rings (SSSR count). The first-order chi connectivity index (χ1) is 10.5. The Bertz CT molecular complexity index is 871. The maximum Gasteiger partial charge on any atom is 0.309 e. The summed E-state index contributed by atoms with van der Waals surface area (Å²) < 4.78 is 18.6. The highest BCUT2D eigenvalue weighted by Gasteiger charge is 2.19. The minimum atomic E-state index is -0.545. The van der Waals surface area contributed by atoms with Gasteiger partial charge in [0.15, 0.2) is 5.75 Å². The summed E-state index contributed by atoms with van der Waals surface area (Å²) in [5, 5.41) is 12.9. The summed E-state index contributed by atoms with van der Waals surface area (Å²) in [5.74, 6) is -1.10. The van der Waals surface area contributed by atoms with Crippen LogP contribution in [-0.4, -0.2) is 16.1 Å². The van der Waals surface area contributed by atoms with Gasteiger partial charge in [-0.25, -0.2) is 9.37 Å². The van der Waals surface area contributed by atoms with Gasteiger partial charge in [0.2, 0.25) is 0 Å². The first-order valence-electron chi connectivity index (χ1n) is 6.52. The minimum absolute atomic E-state index is 0.0926. The van der Waals surface area contributed by atoms with Crippen molar-refractivity contribution in [2.45, 2.75) is 13.8 Å². The van der Waals surface area contributed by atoms with Crippen LogP contribution in [0.15, 0.2) is 29.6 Å². The van der Waals surface area contributed by atoms with Gasteiger partial charge in [0.05, 0.1) is 10.4 Å². The summed E-state index contributed by atoms with van der Waals surface area (Å²) in [4.78, 5) is 15.2. The van der Waals surface area contributed by atoms with E-state index in [1.54, 1.807) is 19.1 Å². The molecule has 0 unspecified atom stereocenters. The molecule has 1 N–H and O–H groups in total. The first kappa shape index (κ1) is 14.5. The third-order valence-electron chi connectivity index (χ3n) is 3.24. The van der Waals surface area contributed by atoms with E-state index in [4.69, 9.17) is 4.74 Å². The number of benzene rings is 1. The lowest BCUT2D eigenvalue weighted by molar-refractivity contribution is -0.132. The zero-order valence-electron chi connectivity index (χ0n) is 11.9. The van der Waals surface area contributed by atoms with Crippen molar-refractivity contribution >= 4 is 27.4 Å². The number of hydrogen-bond donors (Lipinski definition) is 1. The monoisotopic (exact) mass is 317 g/mol. The van der Waals surface area contributed by atoms with Gasteiger partial charge in [-0.3, -0.25) is 4.79 Å². The van der Waals surface area contributed by atoms with Crippen molar-refractivity contribution in [2.24, 2.45) is 0 Å². The molecule has 0 saturated heterocycles. The van der Waals surface area contributed by atoms with Crippen LogP contribution in [-0.2, 0) is 4.79 Å². The smallest absolute Gasteiger partial charge is 0.309 e. The second kappa shape index (κ2) is 5.38. The number of fused-ring (bicyclic) bond motifs is 1. The van der Waals surface area contributed by atoms with E-state index in [1.165, 1.54) is 30.4 Å². The van der Waals surface area contributed by atoms with E-state index in [1.807, 2.05) is 5.38 Å². The molecule has 0 aliphatic rings. The molecule has 6 heteroatoms. The van der Waals surface area contributed by atoms with Crippen LogP contribution in [0.1, 0.15) is 12.6 Å². The van der Waals surface area contributed by atoms with Crippen molar-refractivity contribution in [3.63, 3.8) is 0 Å². The number of aromatic hydroxyl groups is 1. The Morgan fingerprint density at radius 1 is 1.32 bits per heavy atom. The SMILES string of the molecule is CC(=O)Oc1nc(C)c2c(-c3ccc(F)cc3)csc2c1O. The predicted molar refractivity (Wildman–Crippen MR) is 82.7 cm³/mol. The first-order valence-corrected chi connectivity index (χ1v) is 7.40. The molecular weight excluding hydrogens is 305 g/mol. The van der Waals surface area contributed by atoms with Gasteiger partial charge in [0.1, 0.15) is 5.82 Å². The van der Waals surface area contributed by atoms with Crippen molar-refractivity contribution < 1.29 is 19.0 Å². The van der Waals surface area contributed by atoms with Crippen LogP contribution >= 0.6 is 11.3 Å². The molecule has 0 radical (unpaired) electrons. The minimum Gasteiger partial charge on any atom is -0.502 e. The number of nitrogens with zero attached hydrogens (tertiary/aromatic N) is 1. The average molecular weight is 317 g/mol. The zero-order chi connectivity index (χ0) is 15.9. The summed E-state index contributed by atoms with van der Waals surface area (Å²) in [6.07, 6.45) is 0. The molecule has 22 heavy (non-hydrogen) atoms. The van der Waals surface area contributed by atoms with Crippen LogP contribution < -0.4 is 4.74 Å². The molecule has 0 atom stereocenters. The van der Waals surface area contributed by atoms with Crippen molar-refractivity contribution in [3.8, 4) is 22.8 Å². The summed E-state index contributed by atoms with van der Waals surface area (Å²) >= 11 is 1.32. The Morgan fingerprint density at radius 3 is 2.64 bits per heavy atom. The predicted octanol–water partition coefficient (Wildman–Crippen LogP) is 4.04. The molecule has 112 valence electrons. The molecule has 3 aromatic rings. The number of carbonyl (C=O) groups is 1. The number of halogens is 1. The largest absolute Gasteiger partial charge is 0.502 e. The van der Waals surface area contributed by atoms with E-state index >= 15 is 0 Å². The molecule has 0 amide bonds.